The second-order valence-corrected chi connectivity index (χ2v) is 6.83. The van der Waals surface area contributed by atoms with E-state index in [2.05, 4.69) is 47.7 Å². The monoisotopic (exact) mass is 467 g/mol. The van der Waals surface area contributed by atoms with Crippen LogP contribution in [0.5, 0.6) is 5.75 Å². The molecular weight excluding hydrogens is 454 g/mol. The number of aromatic hydroxyl groups is 1. The smallest absolute Gasteiger partial charge is 0.262 e. The number of hydrazone groups is 1. The van der Waals surface area contributed by atoms with Crippen LogP contribution in [0, 0.1) is 0 Å². The van der Waals surface area contributed by atoms with Crippen molar-refractivity contribution in [3.8, 4) is 5.75 Å². The molecule has 0 radical (unpaired) electrons. The van der Waals surface area contributed by atoms with Crippen molar-refractivity contribution >= 4 is 49.9 Å². The maximum Gasteiger partial charge on any atom is 0.262 e. The van der Waals surface area contributed by atoms with Crippen LogP contribution in [-0.2, 0) is 4.79 Å². The van der Waals surface area contributed by atoms with Crippen molar-refractivity contribution in [1.82, 2.24) is 10.7 Å². The molecule has 0 spiro atoms. The minimum Gasteiger partial charge on any atom is -0.507 e. The van der Waals surface area contributed by atoms with E-state index in [4.69, 9.17) is 0 Å². The number of carbonyl (C=O) groups is 2. The van der Waals surface area contributed by atoms with Crippen molar-refractivity contribution in [3.63, 3.8) is 0 Å². The Kier molecular flexibility index (Phi) is 6.72. The van der Waals surface area contributed by atoms with Gasteiger partial charge in [0.05, 0.1) is 16.3 Å². The van der Waals surface area contributed by atoms with Crippen molar-refractivity contribution < 1.29 is 14.7 Å². The first-order valence-corrected chi connectivity index (χ1v) is 8.84. The van der Waals surface area contributed by atoms with Crippen LogP contribution in [0.15, 0.2) is 56.5 Å². The molecule has 6 nitrogen and oxygen atoms in total. The maximum atomic E-state index is 12.2. The summed E-state index contributed by atoms with van der Waals surface area (Å²) in [7, 11) is 0. The zero-order valence-corrected chi connectivity index (χ0v) is 16.3. The van der Waals surface area contributed by atoms with Crippen molar-refractivity contribution in [3.05, 3.63) is 62.5 Å². The van der Waals surface area contributed by atoms with E-state index in [1.165, 1.54) is 12.3 Å². The SMILES string of the molecule is CC(NC(=O)c1ccccc1Br)C(=O)N/N=C/c1ccc(O)c(Br)c1. The van der Waals surface area contributed by atoms with Gasteiger partial charge in [-0.2, -0.15) is 5.10 Å². The lowest BCUT2D eigenvalue weighted by Crippen LogP contribution is -2.43. The van der Waals surface area contributed by atoms with Crippen LogP contribution in [-0.4, -0.2) is 29.2 Å². The van der Waals surface area contributed by atoms with E-state index in [0.717, 1.165) is 0 Å². The van der Waals surface area contributed by atoms with Crippen LogP contribution in [0.3, 0.4) is 0 Å². The van der Waals surface area contributed by atoms with Gasteiger partial charge < -0.3 is 10.4 Å². The van der Waals surface area contributed by atoms with E-state index in [1.54, 1.807) is 43.3 Å². The summed E-state index contributed by atoms with van der Waals surface area (Å²) >= 11 is 6.49. The number of nitrogens with one attached hydrogen (secondary N) is 2. The number of phenolic OH excluding ortho intramolecular Hbond substituents is 1. The first kappa shape index (κ1) is 19.1. The molecule has 0 aliphatic carbocycles. The lowest BCUT2D eigenvalue weighted by atomic mass is 10.2. The molecule has 1 unspecified atom stereocenters. The van der Waals surface area contributed by atoms with Gasteiger partial charge >= 0.3 is 0 Å². The Morgan fingerprint density at radius 2 is 1.88 bits per heavy atom. The van der Waals surface area contributed by atoms with Crippen LogP contribution in [0.2, 0.25) is 0 Å². The molecule has 0 aliphatic heterocycles. The van der Waals surface area contributed by atoms with Gasteiger partial charge in [-0.3, -0.25) is 9.59 Å². The molecule has 25 heavy (non-hydrogen) atoms. The molecule has 2 amide bonds. The Hall–Kier alpha value is -2.19. The van der Waals surface area contributed by atoms with E-state index >= 15 is 0 Å². The van der Waals surface area contributed by atoms with Crippen LogP contribution in [0.25, 0.3) is 0 Å². The van der Waals surface area contributed by atoms with Crippen molar-refractivity contribution in [2.75, 3.05) is 0 Å². The summed E-state index contributed by atoms with van der Waals surface area (Å²) in [6.07, 6.45) is 1.43. The highest BCUT2D eigenvalue weighted by molar-refractivity contribution is 9.10. The Morgan fingerprint density at radius 3 is 2.56 bits per heavy atom. The third kappa shape index (κ3) is 5.40. The number of rotatable bonds is 5. The second kappa shape index (κ2) is 8.77. The highest BCUT2D eigenvalue weighted by Gasteiger charge is 2.17. The Morgan fingerprint density at radius 1 is 1.16 bits per heavy atom. The fourth-order valence-electron chi connectivity index (χ4n) is 1.86. The molecule has 8 heteroatoms. The van der Waals surface area contributed by atoms with Gasteiger partial charge in [-0.05, 0) is 74.7 Å². The molecule has 2 rings (SSSR count). The van der Waals surface area contributed by atoms with Gasteiger partial charge in [-0.25, -0.2) is 5.43 Å². The topological polar surface area (TPSA) is 90.8 Å². The summed E-state index contributed by atoms with van der Waals surface area (Å²) < 4.78 is 1.17. The lowest BCUT2D eigenvalue weighted by Gasteiger charge is -2.12. The van der Waals surface area contributed by atoms with Gasteiger partial charge in [0.1, 0.15) is 11.8 Å². The summed E-state index contributed by atoms with van der Waals surface area (Å²) in [6.45, 7) is 1.57. The van der Waals surface area contributed by atoms with Crippen molar-refractivity contribution in [2.45, 2.75) is 13.0 Å². The van der Waals surface area contributed by atoms with Crippen LogP contribution in [0.1, 0.15) is 22.8 Å². The molecule has 1 atom stereocenters. The van der Waals surface area contributed by atoms with E-state index < -0.39 is 11.9 Å². The van der Waals surface area contributed by atoms with Crippen LogP contribution < -0.4 is 10.7 Å². The molecule has 0 bridgehead atoms. The molecule has 3 N–H and O–H groups in total. The minimum atomic E-state index is -0.761. The standard InChI is InChI=1S/C17H15Br2N3O3/c1-10(21-17(25)12-4-2-3-5-13(12)18)16(24)22-20-9-11-6-7-15(23)14(19)8-11/h2-10,23H,1H3,(H,21,25)(H,22,24)/b20-9+. The van der Waals surface area contributed by atoms with Gasteiger partial charge in [0.25, 0.3) is 11.8 Å². The first-order chi connectivity index (χ1) is 11.9. The Balaban J connectivity index is 1.91. The van der Waals surface area contributed by atoms with Gasteiger partial charge in [0, 0.05) is 4.47 Å². The maximum absolute atomic E-state index is 12.2. The van der Waals surface area contributed by atoms with Gasteiger partial charge in [0.2, 0.25) is 0 Å². The number of phenols is 1. The summed E-state index contributed by atoms with van der Waals surface area (Å²) in [5, 5.41) is 15.9. The molecule has 0 fully saturated rings. The van der Waals surface area contributed by atoms with Gasteiger partial charge in [-0.15, -0.1) is 0 Å². The molecule has 0 aliphatic rings. The predicted molar refractivity (Wildman–Crippen MR) is 103 cm³/mol. The number of hydrogen-bond acceptors (Lipinski definition) is 4. The fourth-order valence-corrected chi connectivity index (χ4v) is 2.72. The average molecular weight is 469 g/mol. The average Bonchev–Trinajstić information content (AvgIpc) is 2.58. The van der Waals surface area contributed by atoms with Crippen LogP contribution in [0.4, 0.5) is 0 Å². The largest absolute Gasteiger partial charge is 0.507 e. The van der Waals surface area contributed by atoms with E-state index in [-0.39, 0.29) is 11.7 Å². The zero-order chi connectivity index (χ0) is 18.4. The molecule has 0 aromatic heterocycles. The van der Waals surface area contributed by atoms with Gasteiger partial charge in [0.15, 0.2) is 0 Å². The van der Waals surface area contributed by atoms with Crippen molar-refractivity contribution in [2.24, 2.45) is 5.10 Å². The van der Waals surface area contributed by atoms with E-state index in [1.807, 2.05) is 0 Å². The Labute approximate surface area is 161 Å². The fraction of sp³-hybridized carbons (Fsp3) is 0.118. The molecule has 130 valence electrons. The van der Waals surface area contributed by atoms with E-state index in [0.29, 0.717) is 20.1 Å². The highest BCUT2D eigenvalue weighted by atomic mass is 79.9. The lowest BCUT2D eigenvalue weighted by molar-refractivity contribution is -0.122. The number of benzene rings is 2. The molecular formula is C17H15Br2N3O3. The quantitative estimate of drug-likeness (QED) is 0.465. The zero-order valence-electron chi connectivity index (χ0n) is 13.2. The Bertz CT molecular complexity index is 825. The third-order valence-corrected chi connectivity index (χ3v) is 4.55. The number of nitrogens with zero attached hydrogens (tertiary/aromatic N) is 1. The summed E-state index contributed by atoms with van der Waals surface area (Å²) in [5.41, 5.74) is 3.50. The molecule has 0 heterocycles. The third-order valence-electron chi connectivity index (χ3n) is 3.22. The summed E-state index contributed by atoms with van der Waals surface area (Å²) in [6, 6.07) is 11.0. The summed E-state index contributed by atoms with van der Waals surface area (Å²) in [4.78, 5) is 24.2. The number of carbonyl (C=O) groups excluding carboxylic acids is 2. The first-order valence-electron chi connectivity index (χ1n) is 7.25. The number of hydrogen-bond donors (Lipinski definition) is 3. The molecule has 2 aromatic rings. The number of amides is 2. The summed E-state index contributed by atoms with van der Waals surface area (Å²) in [5.74, 6) is -0.694. The van der Waals surface area contributed by atoms with E-state index in [9.17, 15) is 14.7 Å². The molecule has 0 saturated carbocycles. The predicted octanol–water partition coefficient (Wildman–Crippen LogP) is 3.19. The molecule has 2 aromatic carbocycles. The van der Waals surface area contributed by atoms with Crippen molar-refractivity contribution in [1.29, 1.82) is 0 Å². The normalized spacial score (nSPS) is 12.0. The number of halogens is 2. The molecule has 0 saturated heterocycles. The minimum absolute atomic E-state index is 0.115. The second-order valence-electron chi connectivity index (χ2n) is 5.12. The van der Waals surface area contributed by atoms with Gasteiger partial charge in [-0.1, -0.05) is 12.1 Å². The van der Waals surface area contributed by atoms with Crippen LogP contribution >= 0.6 is 31.9 Å². The highest BCUT2D eigenvalue weighted by Crippen LogP contribution is 2.23.